The van der Waals surface area contributed by atoms with Crippen LogP contribution in [0.2, 0.25) is 0 Å². The van der Waals surface area contributed by atoms with Gasteiger partial charge in [-0.3, -0.25) is 4.79 Å². The Morgan fingerprint density at radius 1 is 1.34 bits per heavy atom. The highest BCUT2D eigenvalue weighted by Crippen LogP contribution is 2.42. The topological polar surface area (TPSA) is 72.6 Å². The molecule has 0 saturated carbocycles. The van der Waals surface area contributed by atoms with Gasteiger partial charge in [0.25, 0.3) is 0 Å². The molecule has 1 aromatic heterocycles. The summed E-state index contributed by atoms with van der Waals surface area (Å²) in [5.74, 6) is 1.65. The number of H-pyrrole nitrogens is 1. The second-order valence-electron chi connectivity index (χ2n) is 8.10. The molecular weight excluding hydrogens is 368 g/mol. The van der Waals surface area contributed by atoms with E-state index in [2.05, 4.69) is 36.3 Å². The molecule has 6 heteroatoms. The number of rotatable bonds is 5. The molecule has 2 aromatic rings. The molecule has 1 saturated heterocycles. The zero-order valence-corrected chi connectivity index (χ0v) is 17.6. The van der Waals surface area contributed by atoms with Gasteiger partial charge in [0.1, 0.15) is 17.8 Å². The largest absolute Gasteiger partial charge is 0.497 e. The molecule has 2 unspecified atom stereocenters. The molecule has 2 aliphatic rings. The van der Waals surface area contributed by atoms with Crippen LogP contribution in [-0.2, 0) is 20.7 Å². The average molecular weight is 399 g/mol. The number of hydrogen-bond acceptors (Lipinski definition) is 5. The number of ether oxygens (including phenoxy) is 3. The van der Waals surface area contributed by atoms with E-state index in [-0.39, 0.29) is 30.0 Å². The molecule has 6 nitrogen and oxygen atoms in total. The van der Waals surface area contributed by atoms with E-state index in [1.165, 1.54) is 23.6 Å². The van der Waals surface area contributed by atoms with Gasteiger partial charge in [-0.2, -0.15) is 0 Å². The number of carbonyl (C=O) groups is 1. The van der Waals surface area contributed by atoms with E-state index in [1.54, 1.807) is 13.4 Å². The van der Waals surface area contributed by atoms with Gasteiger partial charge in [-0.15, -0.1) is 0 Å². The number of fused-ring (bicyclic) bond motifs is 2. The number of aromatic amines is 1. The van der Waals surface area contributed by atoms with Crippen molar-refractivity contribution in [1.82, 2.24) is 10.3 Å². The molecule has 0 bridgehead atoms. The summed E-state index contributed by atoms with van der Waals surface area (Å²) in [6.45, 7) is 6.55. The van der Waals surface area contributed by atoms with E-state index in [0.717, 1.165) is 37.1 Å². The summed E-state index contributed by atoms with van der Waals surface area (Å²) < 4.78 is 16.6. The van der Waals surface area contributed by atoms with E-state index < -0.39 is 0 Å². The molecule has 156 valence electrons. The van der Waals surface area contributed by atoms with Gasteiger partial charge >= 0.3 is 5.97 Å². The molecule has 0 amide bonds. The summed E-state index contributed by atoms with van der Waals surface area (Å²) in [5.41, 5.74) is 3.69. The molecule has 4 rings (SSSR count). The van der Waals surface area contributed by atoms with Gasteiger partial charge in [0.05, 0.1) is 13.2 Å². The summed E-state index contributed by atoms with van der Waals surface area (Å²) in [5, 5.41) is 4.97. The first-order valence-corrected chi connectivity index (χ1v) is 10.5. The van der Waals surface area contributed by atoms with Gasteiger partial charge in [0.15, 0.2) is 0 Å². The molecule has 29 heavy (non-hydrogen) atoms. The highest BCUT2D eigenvalue weighted by atomic mass is 16.6. The summed E-state index contributed by atoms with van der Waals surface area (Å²) in [7, 11) is 1.69. The molecular formula is C23H30N2O4. The summed E-state index contributed by atoms with van der Waals surface area (Å²) in [4.78, 5) is 15.2. The zero-order chi connectivity index (χ0) is 20.5. The molecule has 0 aliphatic carbocycles. The number of methoxy groups -OCH3 is 1. The molecule has 3 heterocycles. The first-order chi connectivity index (χ1) is 14.0. The summed E-state index contributed by atoms with van der Waals surface area (Å²) >= 11 is 0. The van der Waals surface area contributed by atoms with Crippen molar-refractivity contribution in [3.05, 3.63) is 41.5 Å². The Morgan fingerprint density at radius 3 is 2.90 bits per heavy atom. The van der Waals surface area contributed by atoms with Gasteiger partial charge in [-0.05, 0) is 37.5 Å². The minimum atomic E-state index is -0.299. The first-order valence-electron chi connectivity index (χ1n) is 10.5. The molecule has 2 aliphatic heterocycles. The third-order valence-corrected chi connectivity index (χ3v) is 6.23. The van der Waals surface area contributed by atoms with Crippen molar-refractivity contribution in [3.63, 3.8) is 0 Å². The predicted octanol–water partition coefficient (Wildman–Crippen LogP) is 4.22. The maximum absolute atomic E-state index is 11.6. The second kappa shape index (κ2) is 8.11. The van der Waals surface area contributed by atoms with Gasteiger partial charge < -0.3 is 24.5 Å². The zero-order valence-electron chi connectivity index (χ0n) is 17.6. The molecule has 1 aromatic carbocycles. The van der Waals surface area contributed by atoms with Crippen LogP contribution >= 0.6 is 0 Å². The molecule has 0 spiro atoms. The van der Waals surface area contributed by atoms with Gasteiger partial charge in [-0.1, -0.05) is 13.3 Å². The number of allylic oxidation sites excluding steroid dienone is 1. The van der Waals surface area contributed by atoms with Crippen molar-refractivity contribution >= 4 is 16.9 Å². The van der Waals surface area contributed by atoms with Crippen molar-refractivity contribution in [2.45, 2.75) is 52.2 Å². The number of nitrogens with one attached hydrogen (secondary N) is 2. The van der Waals surface area contributed by atoms with Gasteiger partial charge in [0.2, 0.25) is 0 Å². The Bertz CT molecular complexity index is 932. The van der Waals surface area contributed by atoms with Crippen LogP contribution in [0.25, 0.3) is 10.9 Å². The summed E-state index contributed by atoms with van der Waals surface area (Å²) in [6, 6.07) is 6.39. The number of hydrogen-bond donors (Lipinski definition) is 2. The van der Waals surface area contributed by atoms with Crippen molar-refractivity contribution in [2.24, 2.45) is 11.8 Å². The summed E-state index contributed by atoms with van der Waals surface area (Å²) in [6.07, 6.45) is 4.68. The number of carbonyl (C=O) groups excluding carboxylic acids is 1. The van der Waals surface area contributed by atoms with Gasteiger partial charge in [0, 0.05) is 54.0 Å². The van der Waals surface area contributed by atoms with Crippen LogP contribution in [0.3, 0.4) is 0 Å². The van der Waals surface area contributed by atoms with E-state index in [1.807, 2.05) is 6.07 Å². The minimum Gasteiger partial charge on any atom is -0.497 e. The Hall–Kier alpha value is -2.47. The monoisotopic (exact) mass is 398 g/mol. The lowest BCUT2D eigenvalue weighted by Crippen LogP contribution is -2.47. The van der Waals surface area contributed by atoms with Crippen LogP contribution in [0.5, 0.6) is 5.75 Å². The van der Waals surface area contributed by atoms with Crippen molar-refractivity contribution in [2.75, 3.05) is 13.7 Å². The maximum Gasteiger partial charge on any atom is 0.307 e. The van der Waals surface area contributed by atoms with Crippen LogP contribution in [0.4, 0.5) is 0 Å². The highest BCUT2D eigenvalue weighted by Gasteiger charge is 2.41. The van der Waals surface area contributed by atoms with Crippen LogP contribution in [0.15, 0.2) is 30.2 Å². The number of aromatic nitrogens is 1. The Balaban J connectivity index is 1.69. The smallest absolute Gasteiger partial charge is 0.307 e. The number of aryl methyl sites for hydroxylation is 1. The third kappa shape index (κ3) is 3.73. The van der Waals surface area contributed by atoms with Crippen molar-refractivity contribution in [3.8, 4) is 5.75 Å². The van der Waals surface area contributed by atoms with Crippen LogP contribution in [0, 0.1) is 11.8 Å². The normalized spacial score (nSPS) is 26.4. The maximum atomic E-state index is 11.6. The standard InChI is InChI=1S/C23H30N2O4/c1-5-6-17-16-8-7-15(27-4)9-20(16)25-23(17)21-10-18-19(11-24-21)13(2)28-12-22(18)29-14(3)26/h7-9,12-13,18-19,21,24-25H,5-6,10-11H2,1-4H3/t13-,18?,19-,21?/m1/s1. The molecule has 4 atom stereocenters. The van der Waals surface area contributed by atoms with Crippen LogP contribution in [0.1, 0.15) is 50.9 Å². The number of piperidine rings is 1. The van der Waals surface area contributed by atoms with E-state index in [0.29, 0.717) is 5.76 Å². The first kappa shape index (κ1) is 19.8. The third-order valence-electron chi connectivity index (χ3n) is 6.23. The van der Waals surface area contributed by atoms with Crippen molar-refractivity contribution < 1.29 is 19.0 Å². The molecule has 0 radical (unpaired) electrons. The van der Waals surface area contributed by atoms with Gasteiger partial charge in [-0.25, -0.2) is 0 Å². The number of benzene rings is 1. The lowest BCUT2D eigenvalue weighted by Gasteiger charge is -2.42. The van der Waals surface area contributed by atoms with E-state index in [4.69, 9.17) is 14.2 Å². The van der Waals surface area contributed by atoms with E-state index in [9.17, 15) is 4.79 Å². The van der Waals surface area contributed by atoms with Crippen LogP contribution in [-0.4, -0.2) is 30.7 Å². The highest BCUT2D eigenvalue weighted by molar-refractivity contribution is 5.86. The Labute approximate surface area is 171 Å². The fourth-order valence-electron chi connectivity index (χ4n) is 4.80. The van der Waals surface area contributed by atoms with E-state index >= 15 is 0 Å². The molecule has 1 fully saturated rings. The SMILES string of the molecule is CCCc1c(C2CC3C(OC(C)=O)=CO[C@H](C)[C@H]3CN2)[nH]c2cc(OC)ccc12. The lowest BCUT2D eigenvalue weighted by atomic mass is 9.77. The Morgan fingerprint density at radius 2 is 2.17 bits per heavy atom. The second-order valence-corrected chi connectivity index (χ2v) is 8.10. The fraction of sp³-hybridized carbons (Fsp3) is 0.522. The fourth-order valence-corrected chi connectivity index (χ4v) is 4.80. The molecule has 2 N–H and O–H groups in total. The average Bonchev–Trinajstić information content (AvgIpc) is 3.07. The Kier molecular flexibility index (Phi) is 5.54. The minimum absolute atomic E-state index is 0.0924. The van der Waals surface area contributed by atoms with Crippen LogP contribution < -0.4 is 10.1 Å². The lowest BCUT2D eigenvalue weighted by molar-refractivity contribution is -0.140. The predicted molar refractivity (Wildman–Crippen MR) is 112 cm³/mol. The quantitative estimate of drug-likeness (QED) is 0.738. The van der Waals surface area contributed by atoms with Crippen molar-refractivity contribution in [1.29, 1.82) is 0 Å². The number of esters is 1.